The highest BCUT2D eigenvalue weighted by atomic mass is 16.3. The number of aryl methyl sites for hydroxylation is 1. The van der Waals surface area contributed by atoms with Crippen LogP contribution in [-0.4, -0.2) is 43.6 Å². The molecule has 152 valence electrons. The number of anilines is 1. The van der Waals surface area contributed by atoms with Crippen molar-refractivity contribution in [2.75, 3.05) is 32.6 Å². The van der Waals surface area contributed by atoms with Gasteiger partial charge in [-0.3, -0.25) is 0 Å². The van der Waals surface area contributed by atoms with E-state index in [0.29, 0.717) is 25.4 Å². The zero-order valence-corrected chi connectivity index (χ0v) is 17.5. The molecule has 0 bridgehead atoms. The first-order valence-corrected chi connectivity index (χ1v) is 9.69. The Kier molecular flexibility index (Phi) is 6.54. The molecule has 0 unspecified atom stereocenters. The predicted molar refractivity (Wildman–Crippen MR) is 116 cm³/mol. The summed E-state index contributed by atoms with van der Waals surface area (Å²) in [5.74, 6) is 0.601. The Bertz CT molecular complexity index is 930. The zero-order valence-electron chi connectivity index (χ0n) is 17.5. The normalized spacial score (nSPS) is 10.6. The van der Waals surface area contributed by atoms with Gasteiger partial charge in [0.25, 0.3) is 0 Å². The molecule has 2 aromatic carbocycles. The van der Waals surface area contributed by atoms with Crippen LogP contribution in [0.25, 0.3) is 11.5 Å². The van der Waals surface area contributed by atoms with Crippen LogP contribution >= 0.6 is 0 Å². The monoisotopic (exact) mass is 392 g/mol. The van der Waals surface area contributed by atoms with E-state index in [1.54, 1.807) is 18.2 Å². The number of benzene rings is 2. The minimum atomic E-state index is -0.107. The summed E-state index contributed by atoms with van der Waals surface area (Å²) in [7, 11) is 5.81. The number of rotatable bonds is 7. The molecule has 0 atom stereocenters. The summed E-state index contributed by atoms with van der Waals surface area (Å²) in [6.07, 6.45) is 2.27. The number of urea groups is 1. The van der Waals surface area contributed by atoms with Crippen molar-refractivity contribution in [3.05, 3.63) is 71.6 Å². The molecule has 0 aliphatic rings. The number of carbonyl (C=O) groups excluding carboxylic acids is 1. The maximum absolute atomic E-state index is 12.3. The van der Waals surface area contributed by atoms with Gasteiger partial charge in [-0.05, 0) is 36.8 Å². The molecule has 6 heteroatoms. The molecule has 0 spiro atoms. The van der Waals surface area contributed by atoms with Gasteiger partial charge in [-0.25, -0.2) is 9.78 Å². The Balaban J connectivity index is 1.46. The van der Waals surface area contributed by atoms with E-state index in [0.717, 1.165) is 22.5 Å². The zero-order chi connectivity index (χ0) is 20.8. The summed E-state index contributed by atoms with van der Waals surface area (Å²) in [4.78, 5) is 20.6. The van der Waals surface area contributed by atoms with Crippen LogP contribution in [0.5, 0.6) is 0 Å². The van der Waals surface area contributed by atoms with Crippen LogP contribution in [0.3, 0.4) is 0 Å². The summed E-state index contributed by atoms with van der Waals surface area (Å²) in [6, 6.07) is 16.1. The van der Waals surface area contributed by atoms with Gasteiger partial charge in [0.15, 0.2) is 0 Å². The van der Waals surface area contributed by atoms with Crippen molar-refractivity contribution in [2.24, 2.45) is 0 Å². The van der Waals surface area contributed by atoms with Gasteiger partial charge in [0.05, 0.1) is 5.69 Å². The van der Waals surface area contributed by atoms with Crippen molar-refractivity contribution in [2.45, 2.75) is 19.9 Å². The summed E-state index contributed by atoms with van der Waals surface area (Å²) in [5.41, 5.74) is 5.20. The minimum Gasteiger partial charge on any atom is -0.444 e. The molecule has 6 nitrogen and oxygen atoms in total. The van der Waals surface area contributed by atoms with Crippen LogP contribution in [0.15, 0.2) is 59.2 Å². The van der Waals surface area contributed by atoms with Crippen molar-refractivity contribution in [3.8, 4) is 11.5 Å². The predicted octanol–water partition coefficient (Wildman–Crippen LogP) is 4.10. The number of hydrogen-bond acceptors (Lipinski definition) is 4. The molecule has 3 aromatic rings. The van der Waals surface area contributed by atoms with Crippen LogP contribution in [-0.2, 0) is 13.0 Å². The van der Waals surface area contributed by atoms with Gasteiger partial charge in [-0.2, -0.15) is 0 Å². The van der Waals surface area contributed by atoms with E-state index in [4.69, 9.17) is 4.42 Å². The number of aromatic nitrogens is 1. The van der Waals surface area contributed by atoms with Crippen molar-refractivity contribution in [1.82, 2.24) is 15.2 Å². The maximum atomic E-state index is 12.3. The van der Waals surface area contributed by atoms with E-state index in [1.807, 2.05) is 62.3 Å². The highest BCUT2D eigenvalue weighted by molar-refractivity contribution is 5.73. The topological polar surface area (TPSA) is 61.6 Å². The third-order valence-electron chi connectivity index (χ3n) is 4.73. The standard InChI is InChI=1S/C23H28N4O2/c1-17-5-9-19(10-6-17)22-25-20(16-29-22)13-14-24-23(28)27(4)15-18-7-11-21(12-8-18)26(2)3/h5-12,16H,13-15H2,1-4H3,(H,24,28). The van der Waals surface area contributed by atoms with Crippen LogP contribution in [0.4, 0.5) is 10.5 Å². The van der Waals surface area contributed by atoms with Crippen LogP contribution in [0.2, 0.25) is 0 Å². The molecule has 0 saturated carbocycles. The third kappa shape index (κ3) is 5.60. The first kappa shape index (κ1) is 20.5. The Morgan fingerprint density at radius 2 is 1.72 bits per heavy atom. The Morgan fingerprint density at radius 3 is 2.38 bits per heavy atom. The Labute approximate surface area is 172 Å². The van der Waals surface area contributed by atoms with Gasteiger partial charge in [0, 0.05) is 51.9 Å². The summed E-state index contributed by atoms with van der Waals surface area (Å²) in [5, 5.41) is 2.93. The summed E-state index contributed by atoms with van der Waals surface area (Å²) >= 11 is 0. The molecule has 29 heavy (non-hydrogen) atoms. The van der Waals surface area contributed by atoms with Gasteiger partial charge in [0.1, 0.15) is 6.26 Å². The van der Waals surface area contributed by atoms with Gasteiger partial charge < -0.3 is 19.5 Å². The lowest BCUT2D eigenvalue weighted by atomic mass is 10.1. The second-order valence-corrected chi connectivity index (χ2v) is 7.41. The van der Waals surface area contributed by atoms with E-state index >= 15 is 0 Å². The molecule has 1 heterocycles. The average Bonchev–Trinajstić information content (AvgIpc) is 3.17. The SMILES string of the molecule is Cc1ccc(-c2nc(CCNC(=O)N(C)Cc3ccc(N(C)C)cc3)co2)cc1. The van der Waals surface area contributed by atoms with E-state index < -0.39 is 0 Å². The lowest BCUT2D eigenvalue weighted by Crippen LogP contribution is -2.37. The van der Waals surface area contributed by atoms with Gasteiger partial charge in [-0.1, -0.05) is 29.8 Å². The average molecular weight is 393 g/mol. The number of hydrogen-bond donors (Lipinski definition) is 1. The van der Waals surface area contributed by atoms with Crippen molar-refractivity contribution < 1.29 is 9.21 Å². The molecule has 0 aliphatic carbocycles. The third-order valence-corrected chi connectivity index (χ3v) is 4.73. The molecular weight excluding hydrogens is 364 g/mol. The number of amides is 2. The van der Waals surface area contributed by atoms with E-state index in [9.17, 15) is 4.79 Å². The molecule has 0 fully saturated rings. The van der Waals surface area contributed by atoms with Crippen molar-refractivity contribution in [1.29, 1.82) is 0 Å². The molecular formula is C23H28N4O2. The van der Waals surface area contributed by atoms with Crippen molar-refractivity contribution in [3.63, 3.8) is 0 Å². The van der Waals surface area contributed by atoms with Gasteiger partial charge in [0.2, 0.25) is 5.89 Å². The quantitative estimate of drug-likeness (QED) is 0.658. The second kappa shape index (κ2) is 9.28. The van der Waals surface area contributed by atoms with Gasteiger partial charge >= 0.3 is 6.03 Å². The first-order valence-electron chi connectivity index (χ1n) is 9.69. The first-order chi connectivity index (χ1) is 13.9. The molecule has 0 radical (unpaired) electrons. The highest BCUT2D eigenvalue weighted by Crippen LogP contribution is 2.19. The number of oxazole rings is 1. The molecule has 0 saturated heterocycles. The molecule has 1 aromatic heterocycles. The molecule has 0 aliphatic heterocycles. The van der Waals surface area contributed by atoms with Crippen LogP contribution < -0.4 is 10.2 Å². The van der Waals surface area contributed by atoms with Crippen LogP contribution in [0.1, 0.15) is 16.8 Å². The van der Waals surface area contributed by atoms with Crippen molar-refractivity contribution >= 4 is 11.7 Å². The maximum Gasteiger partial charge on any atom is 0.317 e. The fourth-order valence-electron chi connectivity index (χ4n) is 2.93. The fourth-order valence-corrected chi connectivity index (χ4v) is 2.93. The van der Waals surface area contributed by atoms with E-state index in [-0.39, 0.29) is 6.03 Å². The van der Waals surface area contributed by atoms with E-state index in [1.165, 1.54) is 5.56 Å². The Hall–Kier alpha value is -3.28. The lowest BCUT2D eigenvalue weighted by Gasteiger charge is -2.19. The summed E-state index contributed by atoms with van der Waals surface area (Å²) in [6.45, 7) is 3.10. The second-order valence-electron chi connectivity index (χ2n) is 7.41. The molecule has 1 N–H and O–H groups in total. The van der Waals surface area contributed by atoms with Crippen LogP contribution in [0, 0.1) is 6.92 Å². The molecule has 3 rings (SSSR count). The Morgan fingerprint density at radius 1 is 1.03 bits per heavy atom. The highest BCUT2D eigenvalue weighted by Gasteiger charge is 2.10. The number of nitrogens with zero attached hydrogens (tertiary/aromatic N) is 3. The number of nitrogens with one attached hydrogen (secondary N) is 1. The smallest absolute Gasteiger partial charge is 0.317 e. The van der Waals surface area contributed by atoms with Gasteiger partial charge in [-0.15, -0.1) is 0 Å². The minimum absolute atomic E-state index is 0.107. The largest absolute Gasteiger partial charge is 0.444 e. The summed E-state index contributed by atoms with van der Waals surface area (Å²) < 4.78 is 5.56. The van der Waals surface area contributed by atoms with E-state index in [2.05, 4.69) is 22.4 Å². The lowest BCUT2D eigenvalue weighted by molar-refractivity contribution is 0.207. The molecule has 2 amide bonds. The fraction of sp³-hybridized carbons (Fsp3) is 0.304. The number of carbonyl (C=O) groups is 1.